The molecule has 1 aromatic carbocycles. The van der Waals surface area contributed by atoms with Gasteiger partial charge in [0.1, 0.15) is 0 Å². The van der Waals surface area contributed by atoms with Crippen molar-refractivity contribution in [2.75, 3.05) is 13.7 Å². The molecule has 146 valence electrons. The van der Waals surface area contributed by atoms with Gasteiger partial charge in [-0.2, -0.15) is 0 Å². The predicted octanol–water partition coefficient (Wildman–Crippen LogP) is 3.49. The number of esters is 1. The fourth-order valence-corrected chi connectivity index (χ4v) is 6.25. The number of hydrogen-bond donors (Lipinski definition) is 1. The summed E-state index contributed by atoms with van der Waals surface area (Å²) >= 11 is 0. The van der Waals surface area contributed by atoms with Crippen LogP contribution in [0.25, 0.3) is 0 Å². The lowest BCUT2D eigenvalue weighted by atomic mass is 9.59. The van der Waals surface area contributed by atoms with Gasteiger partial charge in [-0.1, -0.05) is 26.0 Å². The monoisotopic (exact) mass is 371 g/mol. The molecule has 1 N–H and O–H groups in total. The smallest absolute Gasteiger partial charge is 0.337 e. The van der Waals surface area contributed by atoms with E-state index in [4.69, 9.17) is 9.47 Å². The number of hydrogen-bond acceptors (Lipinski definition) is 4. The van der Waals surface area contributed by atoms with Crippen LogP contribution in [-0.4, -0.2) is 31.6 Å². The molecule has 1 aliphatic heterocycles. The second kappa shape index (κ2) is 6.33. The van der Waals surface area contributed by atoms with Crippen LogP contribution in [0.5, 0.6) is 0 Å². The normalized spacial score (nSPS) is 36.1. The van der Waals surface area contributed by atoms with Crippen LogP contribution in [0.1, 0.15) is 62.1 Å². The standard InChI is InChI=1S/C22H29NO4/c1-13(24)23-20-21(2,3)16-11-17-18(27-10-9-22(17,20)12-16)14-5-7-15(8-6-14)19(25)26-4/h5-8,16-18,20H,9-12H2,1-4H3,(H,23,24)/t16-,17-,18-,20+,22-/m1/s1. The Morgan fingerprint density at radius 1 is 1.22 bits per heavy atom. The highest BCUT2D eigenvalue weighted by Crippen LogP contribution is 2.70. The molecule has 3 aliphatic rings. The first-order chi connectivity index (χ1) is 12.8. The van der Waals surface area contributed by atoms with Crippen LogP contribution in [0.15, 0.2) is 24.3 Å². The van der Waals surface area contributed by atoms with E-state index >= 15 is 0 Å². The first-order valence-electron chi connectivity index (χ1n) is 9.86. The van der Waals surface area contributed by atoms with Crippen molar-refractivity contribution in [3.63, 3.8) is 0 Å². The van der Waals surface area contributed by atoms with Crippen LogP contribution in [-0.2, 0) is 14.3 Å². The molecule has 1 amide bonds. The summed E-state index contributed by atoms with van der Waals surface area (Å²) in [6.07, 6.45) is 3.31. The maximum absolute atomic E-state index is 11.9. The van der Waals surface area contributed by atoms with Crippen LogP contribution in [0.4, 0.5) is 0 Å². The minimum absolute atomic E-state index is 0.0165. The average molecular weight is 371 g/mol. The Balaban J connectivity index is 1.65. The maximum Gasteiger partial charge on any atom is 0.337 e. The Labute approximate surface area is 160 Å². The molecule has 5 heteroatoms. The van der Waals surface area contributed by atoms with Gasteiger partial charge in [-0.15, -0.1) is 0 Å². The van der Waals surface area contributed by atoms with Gasteiger partial charge in [0.25, 0.3) is 0 Å². The number of nitrogens with one attached hydrogen (secondary N) is 1. The molecule has 2 bridgehead atoms. The molecule has 3 fully saturated rings. The van der Waals surface area contributed by atoms with Gasteiger partial charge in [0.2, 0.25) is 5.91 Å². The van der Waals surface area contributed by atoms with Gasteiger partial charge in [-0.25, -0.2) is 4.79 Å². The minimum Gasteiger partial charge on any atom is -0.465 e. The maximum atomic E-state index is 11.9. The Hall–Kier alpha value is -1.88. The Morgan fingerprint density at radius 2 is 1.93 bits per heavy atom. The van der Waals surface area contributed by atoms with Gasteiger partial charge in [0.15, 0.2) is 0 Å². The van der Waals surface area contributed by atoms with E-state index in [-0.39, 0.29) is 34.9 Å². The largest absolute Gasteiger partial charge is 0.465 e. The summed E-state index contributed by atoms with van der Waals surface area (Å²) < 4.78 is 11.0. The fraction of sp³-hybridized carbons (Fsp3) is 0.636. The molecule has 0 aromatic heterocycles. The first-order valence-corrected chi connectivity index (χ1v) is 9.86. The topological polar surface area (TPSA) is 64.6 Å². The quantitative estimate of drug-likeness (QED) is 0.826. The van der Waals surface area contributed by atoms with Crippen molar-refractivity contribution in [3.8, 4) is 0 Å². The second-order valence-corrected chi connectivity index (χ2v) is 9.09. The molecule has 5 nitrogen and oxygen atoms in total. The van der Waals surface area contributed by atoms with E-state index in [0.717, 1.165) is 24.8 Å². The molecular formula is C22H29NO4. The average Bonchev–Trinajstić information content (AvgIpc) is 3.13. The Bertz CT molecular complexity index is 756. The number of benzene rings is 1. The lowest BCUT2D eigenvalue weighted by Gasteiger charge is -2.53. The molecule has 1 spiro atoms. The van der Waals surface area contributed by atoms with Gasteiger partial charge in [0, 0.05) is 19.6 Å². The lowest BCUT2D eigenvalue weighted by molar-refractivity contribution is -0.135. The van der Waals surface area contributed by atoms with Gasteiger partial charge >= 0.3 is 5.97 Å². The summed E-state index contributed by atoms with van der Waals surface area (Å²) in [6.45, 7) is 6.94. The molecule has 2 saturated carbocycles. The number of carbonyl (C=O) groups excluding carboxylic acids is 2. The number of fused-ring (bicyclic) bond motifs is 1. The highest BCUT2D eigenvalue weighted by atomic mass is 16.5. The van der Waals surface area contributed by atoms with E-state index in [9.17, 15) is 9.59 Å². The summed E-state index contributed by atoms with van der Waals surface area (Å²) in [6, 6.07) is 7.79. The molecule has 27 heavy (non-hydrogen) atoms. The third kappa shape index (κ3) is 2.70. The molecular weight excluding hydrogens is 342 g/mol. The van der Waals surface area contributed by atoms with E-state index in [0.29, 0.717) is 24.0 Å². The molecule has 5 atom stereocenters. The third-order valence-corrected chi connectivity index (χ3v) is 7.51. The molecule has 0 unspecified atom stereocenters. The Morgan fingerprint density at radius 3 is 2.56 bits per heavy atom. The molecule has 4 rings (SSSR count). The highest BCUT2D eigenvalue weighted by Gasteiger charge is 2.68. The zero-order chi connectivity index (χ0) is 19.4. The fourth-order valence-electron chi connectivity index (χ4n) is 6.25. The van der Waals surface area contributed by atoms with Gasteiger partial charge < -0.3 is 14.8 Å². The van der Waals surface area contributed by atoms with Crippen molar-refractivity contribution >= 4 is 11.9 Å². The SMILES string of the molecule is COC(=O)c1ccc([C@H]2OCC[C@@]34C[C@@H](C[C@H]23)C(C)(C)[C@@H]4NC(C)=O)cc1. The van der Waals surface area contributed by atoms with Crippen LogP contribution >= 0.6 is 0 Å². The zero-order valence-corrected chi connectivity index (χ0v) is 16.6. The molecule has 1 saturated heterocycles. The van der Waals surface area contributed by atoms with Gasteiger partial charge in [-0.3, -0.25) is 4.79 Å². The summed E-state index contributed by atoms with van der Waals surface area (Å²) in [4.78, 5) is 23.6. The number of ether oxygens (including phenoxy) is 2. The van der Waals surface area contributed by atoms with E-state index in [2.05, 4.69) is 19.2 Å². The lowest BCUT2D eigenvalue weighted by Crippen LogP contribution is -2.58. The summed E-state index contributed by atoms with van der Waals surface area (Å²) in [7, 11) is 1.39. The third-order valence-electron chi connectivity index (χ3n) is 7.51. The number of rotatable bonds is 3. The van der Waals surface area contributed by atoms with Crippen LogP contribution < -0.4 is 5.32 Å². The molecule has 1 aromatic rings. The molecule has 1 heterocycles. The first kappa shape index (κ1) is 18.5. The number of methoxy groups -OCH3 is 1. The minimum atomic E-state index is -0.324. The Kier molecular flexibility index (Phi) is 4.34. The molecule has 0 radical (unpaired) electrons. The predicted molar refractivity (Wildman–Crippen MR) is 101 cm³/mol. The highest BCUT2D eigenvalue weighted by molar-refractivity contribution is 5.89. The van der Waals surface area contributed by atoms with Crippen molar-refractivity contribution < 1.29 is 19.1 Å². The van der Waals surface area contributed by atoms with Crippen molar-refractivity contribution in [1.82, 2.24) is 5.32 Å². The van der Waals surface area contributed by atoms with E-state index in [1.54, 1.807) is 6.92 Å². The van der Waals surface area contributed by atoms with Crippen LogP contribution in [0.3, 0.4) is 0 Å². The van der Waals surface area contributed by atoms with Crippen LogP contribution in [0, 0.1) is 22.7 Å². The van der Waals surface area contributed by atoms with Gasteiger partial charge in [0.05, 0.1) is 18.8 Å². The van der Waals surface area contributed by atoms with Crippen molar-refractivity contribution in [3.05, 3.63) is 35.4 Å². The van der Waals surface area contributed by atoms with Crippen LogP contribution in [0.2, 0.25) is 0 Å². The summed E-state index contributed by atoms with van der Waals surface area (Å²) in [5.41, 5.74) is 1.87. The van der Waals surface area contributed by atoms with Crippen molar-refractivity contribution in [1.29, 1.82) is 0 Å². The van der Waals surface area contributed by atoms with E-state index in [1.807, 2.05) is 24.3 Å². The molecule has 2 aliphatic carbocycles. The number of amides is 1. The number of carbonyl (C=O) groups is 2. The van der Waals surface area contributed by atoms with Gasteiger partial charge in [-0.05, 0) is 59.6 Å². The van der Waals surface area contributed by atoms with E-state index < -0.39 is 0 Å². The van der Waals surface area contributed by atoms with E-state index in [1.165, 1.54) is 7.11 Å². The summed E-state index contributed by atoms with van der Waals surface area (Å²) in [5.74, 6) is 0.720. The van der Waals surface area contributed by atoms with Crippen molar-refractivity contribution in [2.24, 2.45) is 22.7 Å². The zero-order valence-electron chi connectivity index (χ0n) is 16.6. The second-order valence-electron chi connectivity index (χ2n) is 9.09. The van der Waals surface area contributed by atoms with Crippen molar-refractivity contribution in [2.45, 2.75) is 52.2 Å². The summed E-state index contributed by atoms with van der Waals surface area (Å²) in [5, 5.41) is 3.30.